The Bertz CT molecular complexity index is 934. The second-order valence-electron chi connectivity index (χ2n) is 8.95. The third kappa shape index (κ3) is 5.12. The number of likely N-dealkylation sites (tertiary alicyclic amines) is 1. The van der Waals surface area contributed by atoms with Gasteiger partial charge in [0, 0.05) is 70.1 Å². The van der Waals surface area contributed by atoms with Crippen molar-refractivity contribution >= 4 is 11.9 Å². The van der Waals surface area contributed by atoms with Gasteiger partial charge in [-0.1, -0.05) is 0 Å². The Morgan fingerprint density at radius 3 is 2.72 bits per heavy atom. The zero-order valence-corrected chi connectivity index (χ0v) is 19.5. The molecule has 2 aromatic rings. The minimum Gasteiger partial charge on any atom is -0.497 e. The summed E-state index contributed by atoms with van der Waals surface area (Å²) < 4.78 is 11.9. The van der Waals surface area contributed by atoms with Gasteiger partial charge in [-0.2, -0.15) is 0 Å². The molecule has 4 rings (SSSR count). The van der Waals surface area contributed by atoms with Crippen LogP contribution in [0.25, 0.3) is 0 Å². The number of anilines is 1. The zero-order chi connectivity index (χ0) is 22.7. The van der Waals surface area contributed by atoms with Crippen LogP contribution < -0.4 is 14.4 Å². The van der Waals surface area contributed by atoms with E-state index in [1.165, 1.54) is 0 Å². The Labute approximate surface area is 190 Å². The molecule has 1 aromatic heterocycles. The van der Waals surface area contributed by atoms with Crippen LogP contribution in [0, 0.1) is 5.92 Å². The predicted molar refractivity (Wildman–Crippen MR) is 123 cm³/mol. The minimum atomic E-state index is -0.0382. The van der Waals surface area contributed by atoms with Crippen molar-refractivity contribution in [2.45, 2.75) is 39.0 Å². The highest BCUT2D eigenvalue weighted by Crippen LogP contribution is 2.33. The Hall–Kier alpha value is -2.87. The van der Waals surface area contributed by atoms with Crippen LogP contribution >= 0.6 is 0 Å². The van der Waals surface area contributed by atoms with E-state index >= 15 is 0 Å². The van der Waals surface area contributed by atoms with Crippen LogP contribution in [0.1, 0.15) is 30.9 Å². The van der Waals surface area contributed by atoms with Gasteiger partial charge in [0.25, 0.3) is 0 Å². The normalized spacial score (nSPS) is 21.3. The molecule has 8 heteroatoms. The standard InChI is InChI=1S/C24H33N5O3/c1-17(30)29-15-20-10-21(31-4)7-8-22(20)32-23(16-29)19-6-5-9-28(14-19)13-18-11-25-24(26-12-18)27(2)3/h7-8,10-12,19,23H,5-6,9,13-16H2,1-4H3/t19-,23+/m0/s1. The number of piperidine rings is 1. The summed E-state index contributed by atoms with van der Waals surface area (Å²) in [5.74, 6) is 2.77. The van der Waals surface area contributed by atoms with Gasteiger partial charge >= 0.3 is 0 Å². The molecule has 2 atom stereocenters. The number of nitrogens with zero attached hydrogens (tertiary/aromatic N) is 5. The topological polar surface area (TPSA) is 71.0 Å². The highest BCUT2D eigenvalue weighted by molar-refractivity contribution is 5.73. The van der Waals surface area contributed by atoms with E-state index in [9.17, 15) is 4.79 Å². The smallest absolute Gasteiger partial charge is 0.224 e. The molecular weight excluding hydrogens is 406 g/mol. The van der Waals surface area contributed by atoms with Crippen molar-refractivity contribution < 1.29 is 14.3 Å². The maximum absolute atomic E-state index is 12.3. The molecule has 2 aliphatic heterocycles. The Balaban J connectivity index is 1.47. The summed E-state index contributed by atoms with van der Waals surface area (Å²) in [6.07, 6.45) is 5.99. The summed E-state index contributed by atoms with van der Waals surface area (Å²) in [6, 6.07) is 5.86. The van der Waals surface area contributed by atoms with Crippen LogP contribution in [0.4, 0.5) is 5.95 Å². The molecule has 0 aliphatic carbocycles. The quantitative estimate of drug-likeness (QED) is 0.709. The number of carbonyl (C=O) groups is 1. The molecule has 1 aromatic carbocycles. The molecule has 0 saturated carbocycles. The molecular formula is C24H33N5O3. The lowest BCUT2D eigenvalue weighted by Crippen LogP contribution is -2.46. The molecule has 3 heterocycles. The molecule has 0 radical (unpaired) electrons. The van der Waals surface area contributed by atoms with Gasteiger partial charge in [-0.15, -0.1) is 0 Å². The molecule has 0 N–H and O–H groups in total. The van der Waals surface area contributed by atoms with E-state index in [0.717, 1.165) is 61.1 Å². The average molecular weight is 440 g/mol. The van der Waals surface area contributed by atoms with E-state index in [0.29, 0.717) is 19.0 Å². The fourth-order valence-electron chi connectivity index (χ4n) is 4.55. The summed E-state index contributed by atoms with van der Waals surface area (Å²) in [6.45, 7) is 5.57. The van der Waals surface area contributed by atoms with E-state index in [4.69, 9.17) is 9.47 Å². The van der Waals surface area contributed by atoms with Crippen molar-refractivity contribution in [2.24, 2.45) is 5.92 Å². The number of methoxy groups -OCH3 is 1. The van der Waals surface area contributed by atoms with Gasteiger partial charge in [-0.3, -0.25) is 9.69 Å². The molecule has 8 nitrogen and oxygen atoms in total. The number of carbonyl (C=O) groups excluding carboxylic acids is 1. The lowest BCUT2D eigenvalue weighted by molar-refractivity contribution is -0.130. The van der Waals surface area contributed by atoms with Gasteiger partial charge < -0.3 is 19.3 Å². The number of hydrogen-bond donors (Lipinski definition) is 0. The summed E-state index contributed by atoms with van der Waals surface area (Å²) >= 11 is 0. The first-order valence-corrected chi connectivity index (χ1v) is 11.2. The summed E-state index contributed by atoms with van der Waals surface area (Å²) in [7, 11) is 5.53. The lowest BCUT2D eigenvalue weighted by Gasteiger charge is -2.37. The van der Waals surface area contributed by atoms with Gasteiger partial charge in [0.2, 0.25) is 11.9 Å². The molecule has 32 heavy (non-hydrogen) atoms. The van der Waals surface area contributed by atoms with E-state index in [1.54, 1.807) is 14.0 Å². The first-order valence-electron chi connectivity index (χ1n) is 11.2. The molecule has 172 valence electrons. The van der Waals surface area contributed by atoms with Crippen molar-refractivity contribution in [2.75, 3.05) is 45.7 Å². The number of fused-ring (bicyclic) bond motifs is 1. The number of rotatable bonds is 5. The van der Waals surface area contributed by atoms with Crippen LogP contribution in [0.15, 0.2) is 30.6 Å². The third-order valence-electron chi connectivity index (χ3n) is 6.32. The number of ether oxygens (including phenoxy) is 2. The second-order valence-corrected chi connectivity index (χ2v) is 8.95. The molecule has 1 saturated heterocycles. The van der Waals surface area contributed by atoms with Crippen molar-refractivity contribution in [1.82, 2.24) is 19.8 Å². The fourth-order valence-corrected chi connectivity index (χ4v) is 4.55. The number of amides is 1. The highest BCUT2D eigenvalue weighted by atomic mass is 16.5. The lowest BCUT2D eigenvalue weighted by atomic mass is 9.91. The maximum atomic E-state index is 12.3. The first-order chi connectivity index (χ1) is 15.4. The van der Waals surface area contributed by atoms with Crippen molar-refractivity contribution in [3.8, 4) is 11.5 Å². The van der Waals surface area contributed by atoms with Crippen molar-refractivity contribution in [1.29, 1.82) is 0 Å². The van der Waals surface area contributed by atoms with E-state index in [-0.39, 0.29) is 12.0 Å². The van der Waals surface area contributed by atoms with Gasteiger partial charge in [-0.05, 0) is 37.6 Å². The van der Waals surface area contributed by atoms with Crippen LogP contribution in [0.5, 0.6) is 11.5 Å². The monoisotopic (exact) mass is 439 g/mol. The largest absolute Gasteiger partial charge is 0.497 e. The fraction of sp³-hybridized carbons (Fsp3) is 0.542. The van der Waals surface area contributed by atoms with Crippen molar-refractivity contribution in [3.05, 3.63) is 41.7 Å². The highest BCUT2D eigenvalue weighted by Gasteiger charge is 2.33. The van der Waals surface area contributed by atoms with Crippen LogP contribution in [-0.4, -0.2) is 72.6 Å². The SMILES string of the molecule is COc1ccc2c(c1)CN(C(C)=O)C[C@H]([C@H]1CCCN(Cc3cnc(N(C)C)nc3)C1)O2. The summed E-state index contributed by atoms with van der Waals surface area (Å²) in [5, 5.41) is 0. The van der Waals surface area contributed by atoms with Gasteiger partial charge in [0.05, 0.1) is 13.7 Å². The number of hydrogen-bond acceptors (Lipinski definition) is 7. The van der Waals surface area contributed by atoms with Gasteiger partial charge in [0.15, 0.2) is 0 Å². The average Bonchev–Trinajstić information content (AvgIpc) is 2.99. The molecule has 2 aliphatic rings. The van der Waals surface area contributed by atoms with E-state index < -0.39 is 0 Å². The summed E-state index contributed by atoms with van der Waals surface area (Å²) in [4.78, 5) is 27.5. The Morgan fingerprint density at radius 1 is 1.25 bits per heavy atom. The minimum absolute atomic E-state index is 0.0382. The number of benzene rings is 1. The predicted octanol–water partition coefficient (Wildman–Crippen LogP) is 2.57. The van der Waals surface area contributed by atoms with Gasteiger partial charge in [-0.25, -0.2) is 9.97 Å². The van der Waals surface area contributed by atoms with Crippen LogP contribution in [-0.2, 0) is 17.9 Å². The maximum Gasteiger partial charge on any atom is 0.224 e. The van der Waals surface area contributed by atoms with Gasteiger partial charge in [0.1, 0.15) is 17.6 Å². The zero-order valence-electron chi connectivity index (χ0n) is 19.5. The molecule has 0 unspecified atom stereocenters. The molecule has 1 amide bonds. The van der Waals surface area contributed by atoms with E-state index in [2.05, 4.69) is 14.9 Å². The molecule has 1 fully saturated rings. The first kappa shape index (κ1) is 22.3. The Morgan fingerprint density at radius 2 is 2.03 bits per heavy atom. The van der Waals surface area contributed by atoms with E-state index in [1.807, 2.05) is 54.5 Å². The number of aromatic nitrogens is 2. The summed E-state index contributed by atoms with van der Waals surface area (Å²) in [5.41, 5.74) is 2.11. The third-order valence-corrected chi connectivity index (χ3v) is 6.32. The van der Waals surface area contributed by atoms with Crippen LogP contribution in [0.2, 0.25) is 0 Å². The van der Waals surface area contributed by atoms with Crippen molar-refractivity contribution in [3.63, 3.8) is 0 Å². The second kappa shape index (κ2) is 9.73. The Kier molecular flexibility index (Phi) is 6.79. The van der Waals surface area contributed by atoms with Crippen LogP contribution in [0.3, 0.4) is 0 Å². The molecule has 0 spiro atoms. The molecule has 0 bridgehead atoms.